The zero-order chi connectivity index (χ0) is 16.1. The van der Waals surface area contributed by atoms with Crippen LogP contribution in [0.5, 0.6) is 0 Å². The Balaban J connectivity index is 2.23. The predicted molar refractivity (Wildman–Crippen MR) is 92.2 cm³/mol. The van der Waals surface area contributed by atoms with Crippen LogP contribution in [-0.4, -0.2) is 24.0 Å². The van der Waals surface area contributed by atoms with Crippen molar-refractivity contribution in [1.82, 2.24) is 4.98 Å². The highest BCUT2D eigenvalue weighted by Gasteiger charge is 2.12. The first-order chi connectivity index (χ1) is 10.6. The van der Waals surface area contributed by atoms with Crippen molar-refractivity contribution >= 4 is 40.5 Å². The Hall–Kier alpha value is -1.78. The number of carbonyl (C=O) groups excluding carboxylic acids is 1. The Morgan fingerprint density at radius 1 is 1.23 bits per heavy atom. The lowest BCUT2D eigenvalue weighted by Gasteiger charge is -2.20. The molecule has 0 radical (unpaired) electrons. The molecule has 0 unspecified atom stereocenters. The summed E-state index contributed by atoms with van der Waals surface area (Å²) in [7, 11) is 0. The maximum Gasteiger partial charge on any atom is 0.257 e. The van der Waals surface area contributed by atoms with Crippen molar-refractivity contribution in [3.63, 3.8) is 0 Å². The van der Waals surface area contributed by atoms with E-state index >= 15 is 0 Å². The van der Waals surface area contributed by atoms with E-state index in [9.17, 15) is 4.79 Å². The highest BCUT2D eigenvalue weighted by atomic mass is 35.5. The molecule has 0 atom stereocenters. The quantitative estimate of drug-likeness (QED) is 0.874. The maximum absolute atomic E-state index is 12.4. The number of pyridine rings is 1. The van der Waals surface area contributed by atoms with Crippen molar-refractivity contribution in [3.05, 3.63) is 52.3 Å². The van der Waals surface area contributed by atoms with Gasteiger partial charge in [0.1, 0.15) is 0 Å². The van der Waals surface area contributed by atoms with Crippen LogP contribution in [0.15, 0.2) is 36.7 Å². The van der Waals surface area contributed by atoms with Crippen LogP contribution in [0.3, 0.4) is 0 Å². The number of carbonyl (C=O) groups is 1. The van der Waals surface area contributed by atoms with Gasteiger partial charge in [0.05, 0.1) is 33.2 Å². The topological polar surface area (TPSA) is 45.2 Å². The molecule has 0 saturated heterocycles. The highest BCUT2D eigenvalue weighted by Crippen LogP contribution is 2.29. The van der Waals surface area contributed by atoms with Crippen molar-refractivity contribution < 1.29 is 4.79 Å². The van der Waals surface area contributed by atoms with E-state index in [0.717, 1.165) is 18.8 Å². The molecule has 2 aromatic rings. The second kappa shape index (κ2) is 7.47. The third-order valence-corrected chi connectivity index (χ3v) is 4.13. The molecule has 1 N–H and O–H groups in total. The fourth-order valence-electron chi connectivity index (χ4n) is 2.11. The van der Waals surface area contributed by atoms with Crippen molar-refractivity contribution in [2.24, 2.45) is 0 Å². The minimum Gasteiger partial charge on any atom is -0.371 e. The molecule has 0 aliphatic heterocycles. The summed E-state index contributed by atoms with van der Waals surface area (Å²) >= 11 is 12.0. The van der Waals surface area contributed by atoms with E-state index in [-0.39, 0.29) is 5.91 Å². The van der Waals surface area contributed by atoms with Gasteiger partial charge in [-0.15, -0.1) is 0 Å². The number of hydrogen-bond acceptors (Lipinski definition) is 3. The molecule has 1 aromatic heterocycles. The smallest absolute Gasteiger partial charge is 0.257 e. The molecule has 0 aliphatic carbocycles. The molecule has 1 amide bonds. The Bertz CT molecular complexity index is 672. The van der Waals surface area contributed by atoms with Crippen LogP contribution in [-0.2, 0) is 0 Å². The van der Waals surface area contributed by atoms with Gasteiger partial charge in [0, 0.05) is 19.3 Å². The lowest BCUT2D eigenvalue weighted by molar-refractivity contribution is 0.102. The van der Waals surface area contributed by atoms with Gasteiger partial charge in [-0.05, 0) is 32.0 Å². The van der Waals surface area contributed by atoms with Gasteiger partial charge < -0.3 is 10.2 Å². The Kier molecular flexibility index (Phi) is 5.63. The van der Waals surface area contributed by atoms with Crippen molar-refractivity contribution in [2.75, 3.05) is 23.3 Å². The van der Waals surface area contributed by atoms with Crippen molar-refractivity contribution in [2.45, 2.75) is 13.8 Å². The average molecular weight is 338 g/mol. The van der Waals surface area contributed by atoms with Crippen molar-refractivity contribution in [1.29, 1.82) is 0 Å². The number of benzene rings is 1. The van der Waals surface area contributed by atoms with Crippen LogP contribution in [0.25, 0.3) is 0 Å². The van der Waals surface area contributed by atoms with E-state index in [1.807, 2.05) is 6.07 Å². The van der Waals surface area contributed by atoms with Gasteiger partial charge in [0.15, 0.2) is 0 Å². The van der Waals surface area contributed by atoms with Crippen LogP contribution >= 0.6 is 23.2 Å². The molecule has 1 heterocycles. The molecular weight excluding hydrogens is 321 g/mol. The van der Waals surface area contributed by atoms with E-state index in [4.69, 9.17) is 23.2 Å². The van der Waals surface area contributed by atoms with E-state index in [1.165, 1.54) is 6.20 Å². The molecule has 0 spiro atoms. The second-order valence-corrected chi connectivity index (χ2v) is 5.44. The Morgan fingerprint density at radius 3 is 2.64 bits per heavy atom. The predicted octanol–water partition coefficient (Wildman–Crippen LogP) is 4.49. The van der Waals surface area contributed by atoms with E-state index in [2.05, 4.69) is 29.0 Å². The van der Waals surface area contributed by atoms with Crippen LogP contribution in [0.2, 0.25) is 10.0 Å². The minimum atomic E-state index is -0.273. The second-order valence-electron chi connectivity index (χ2n) is 4.66. The average Bonchev–Trinajstić information content (AvgIpc) is 2.53. The summed E-state index contributed by atoms with van der Waals surface area (Å²) in [6.07, 6.45) is 3.27. The third kappa shape index (κ3) is 3.70. The lowest BCUT2D eigenvalue weighted by Crippen LogP contribution is -2.22. The summed E-state index contributed by atoms with van der Waals surface area (Å²) in [5, 5.41) is 3.48. The largest absolute Gasteiger partial charge is 0.371 e. The normalized spacial score (nSPS) is 10.4. The molecule has 1 aromatic carbocycles. The third-order valence-electron chi connectivity index (χ3n) is 3.31. The zero-order valence-electron chi connectivity index (χ0n) is 12.4. The Labute approximate surface area is 140 Å². The summed E-state index contributed by atoms with van der Waals surface area (Å²) in [5.41, 5.74) is 1.86. The summed E-state index contributed by atoms with van der Waals surface area (Å²) in [5.74, 6) is -0.273. The van der Waals surface area contributed by atoms with Gasteiger partial charge in [-0.25, -0.2) is 0 Å². The standard InChI is InChI=1S/C16H17Cl2N3O/c1-3-21(4-2)12-8-11(9-19-10-12)16(22)20-14-7-5-6-13(17)15(14)18/h5-10H,3-4H2,1-2H3,(H,20,22). The first-order valence-corrected chi connectivity index (χ1v) is 7.77. The summed E-state index contributed by atoms with van der Waals surface area (Å²) < 4.78 is 0. The molecule has 0 bridgehead atoms. The molecule has 116 valence electrons. The van der Waals surface area contributed by atoms with Crippen molar-refractivity contribution in [3.8, 4) is 0 Å². The van der Waals surface area contributed by atoms with Crippen LogP contribution in [0.4, 0.5) is 11.4 Å². The lowest BCUT2D eigenvalue weighted by atomic mass is 10.2. The number of aromatic nitrogens is 1. The number of anilines is 2. The highest BCUT2D eigenvalue weighted by molar-refractivity contribution is 6.44. The fraction of sp³-hybridized carbons (Fsp3) is 0.250. The number of nitrogens with zero attached hydrogens (tertiary/aromatic N) is 2. The fourth-order valence-corrected chi connectivity index (χ4v) is 2.46. The molecular formula is C16H17Cl2N3O. The Morgan fingerprint density at radius 2 is 1.95 bits per heavy atom. The maximum atomic E-state index is 12.4. The van der Waals surface area contributed by atoms with Crippen LogP contribution in [0, 0.1) is 0 Å². The van der Waals surface area contributed by atoms with E-state index in [1.54, 1.807) is 24.4 Å². The van der Waals surface area contributed by atoms with Gasteiger partial charge in [-0.3, -0.25) is 9.78 Å². The summed E-state index contributed by atoms with van der Waals surface area (Å²) in [4.78, 5) is 18.6. The van der Waals surface area contributed by atoms with Gasteiger partial charge in [-0.1, -0.05) is 29.3 Å². The first-order valence-electron chi connectivity index (χ1n) is 7.02. The van der Waals surface area contributed by atoms with Gasteiger partial charge in [-0.2, -0.15) is 0 Å². The van der Waals surface area contributed by atoms with Crippen LogP contribution < -0.4 is 10.2 Å². The summed E-state index contributed by atoms with van der Waals surface area (Å²) in [6, 6.07) is 6.91. The minimum absolute atomic E-state index is 0.273. The molecule has 4 nitrogen and oxygen atoms in total. The van der Waals surface area contributed by atoms with Gasteiger partial charge in [0.2, 0.25) is 0 Å². The first kappa shape index (κ1) is 16.6. The molecule has 0 saturated carbocycles. The van der Waals surface area contributed by atoms with E-state index < -0.39 is 0 Å². The monoisotopic (exact) mass is 337 g/mol. The number of rotatable bonds is 5. The molecule has 6 heteroatoms. The zero-order valence-corrected chi connectivity index (χ0v) is 13.9. The molecule has 0 fully saturated rings. The van der Waals surface area contributed by atoms with Gasteiger partial charge in [0.25, 0.3) is 5.91 Å². The van der Waals surface area contributed by atoms with E-state index in [0.29, 0.717) is 21.3 Å². The molecule has 22 heavy (non-hydrogen) atoms. The molecule has 0 aliphatic rings. The van der Waals surface area contributed by atoms with Gasteiger partial charge >= 0.3 is 0 Å². The number of hydrogen-bond donors (Lipinski definition) is 1. The summed E-state index contributed by atoms with van der Waals surface area (Å²) in [6.45, 7) is 5.82. The number of nitrogens with one attached hydrogen (secondary N) is 1. The molecule has 2 rings (SSSR count). The van der Waals surface area contributed by atoms with Crippen LogP contribution in [0.1, 0.15) is 24.2 Å². The number of amides is 1. The SMILES string of the molecule is CCN(CC)c1cncc(C(=O)Nc2cccc(Cl)c2Cl)c1. The number of halogens is 2.